The molecule has 0 amide bonds. The molecule has 0 saturated carbocycles. The van der Waals surface area contributed by atoms with Crippen LogP contribution in [0, 0.1) is 5.41 Å². The van der Waals surface area contributed by atoms with E-state index in [2.05, 4.69) is 69.9 Å². The summed E-state index contributed by atoms with van der Waals surface area (Å²) < 4.78 is 0. The number of rotatable bonds is 5. The summed E-state index contributed by atoms with van der Waals surface area (Å²) >= 11 is 0. The molecule has 1 aromatic carbocycles. The first-order valence-corrected chi connectivity index (χ1v) is 6.84. The molecule has 1 aromatic rings. The van der Waals surface area contributed by atoms with Gasteiger partial charge in [-0.05, 0) is 24.8 Å². The molecule has 0 aromatic heterocycles. The van der Waals surface area contributed by atoms with Gasteiger partial charge in [-0.25, -0.2) is 0 Å². The van der Waals surface area contributed by atoms with E-state index >= 15 is 0 Å². The lowest BCUT2D eigenvalue weighted by atomic mass is 9.87. The van der Waals surface area contributed by atoms with Gasteiger partial charge in [0, 0.05) is 25.2 Å². The van der Waals surface area contributed by atoms with Crippen molar-refractivity contribution in [2.45, 2.75) is 53.2 Å². The number of nitrogens with zero attached hydrogens (tertiary/aromatic N) is 1. The molecule has 2 heteroatoms. The minimum absolute atomic E-state index is 0.157. The van der Waals surface area contributed by atoms with Crippen molar-refractivity contribution < 1.29 is 0 Å². The molecule has 0 radical (unpaired) electrons. The van der Waals surface area contributed by atoms with Crippen LogP contribution in [0.3, 0.4) is 0 Å². The van der Waals surface area contributed by atoms with Gasteiger partial charge in [0.2, 0.25) is 0 Å². The van der Waals surface area contributed by atoms with Gasteiger partial charge in [0.25, 0.3) is 0 Å². The van der Waals surface area contributed by atoms with Gasteiger partial charge in [-0.15, -0.1) is 0 Å². The maximum absolute atomic E-state index is 6.30. The zero-order chi connectivity index (χ0) is 13.8. The molecule has 102 valence electrons. The van der Waals surface area contributed by atoms with E-state index in [9.17, 15) is 0 Å². The maximum atomic E-state index is 6.30. The zero-order valence-corrected chi connectivity index (χ0v) is 12.5. The molecule has 1 atom stereocenters. The van der Waals surface area contributed by atoms with Crippen molar-refractivity contribution in [2.75, 3.05) is 6.54 Å². The number of hydrogen-bond acceptors (Lipinski definition) is 2. The molecular weight excluding hydrogens is 220 g/mol. The second-order valence-corrected chi connectivity index (χ2v) is 6.48. The van der Waals surface area contributed by atoms with E-state index in [1.807, 2.05) is 0 Å². The molecule has 0 aliphatic heterocycles. The van der Waals surface area contributed by atoms with Crippen LogP contribution < -0.4 is 5.73 Å². The van der Waals surface area contributed by atoms with Crippen LogP contribution in [0.5, 0.6) is 0 Å². The SMILES string of the molecule is CC(C)N(Cc1ccccc1)CC(N)C(C)(C)C. The quantitative estimate of drug-likeness (QED) is 0.866. The van der Waals surface area contributed by atoms with Crippen LogP contribution in [-0.2, 0) is 6.54 Å². The Hall–Kier alpha value is -0.860. The van der Waals surface area contributed by atoms with Crippen LogP contribution in [0.25, 0.3) is 0 Å². The summed E-state index contributed by atoms with van der Waals surface area (Å²) in [6.07, 6.45) is 0. The highest BCUT2D eigenvalue weighted by molar-refractivity contribution is 5.14. The van der Waals surface area contributed by atoms with Gasteiger partial charge in [0.05, 0.1) is 0 Å². The minimum atomic E-state index is 0.157. The van der Waals surface area contributed by atoms with Gasteiger partial charge >= 0.3 is 0 Å². The largest absolute Gasteiger partial charge is 0.326 e. The van der Waals surface area contributed by atoms with Gasteiger partial charge in [0.1, 0.15) is 0 Å². The van der Waals surface area contributed by atoms with Gasteiger partial charge in [0.15, 0.2) is 0 Å². The van der Waals surface area contributed by atoms with Crippen LogP contribution in [-0.4, -0.2) is 23.5 Å². The summed E-state index contributed by atoms with van der Waals surface area (Å²) in [4.78, 5) is 2.45. The molecule has 0 bridgehead atoms. The highest BCUT2D eigenvalue weighted by Gasteiger charge is 2.24. The molecule has 1 rings (SSSR count). The predicted octanol–water partition coefficient (Wildman–Crippen LogP) is 3.27. The summed E-state index contributed by atoms with van der Waals surface area (Å²) in [6.45, 7) is 13.0. The second-order valence-electron chi connectivity index (χ2n) is 6.48. The molecule has 1 unspecified atom stereocenters. The van der Waals surface area contributed by atoms with Crippen molar-refractivity contribution in [1.29, 1.82) is 0 Å². The fourth-order valence-corrected chi connectivity index (χ4v) is 1.80. The molecule has 0 saturated heterocycles. The number of nitrogens with two attached hydrogens (primary N) is 1. The first-order chi connectivity index (χ1) is 8.30. The van der Waals surface area contributed by atoms with Crippen LogP contribution >= 0.6 is 0 Å². The molecule has 18 heavy (non-hydrogen) atoms. The van der Waals surface area contributed by atoms with E-state index in [-0.39, 0.29) is 11.5 Å². The fourth-order valence-electron chi connectivity index (χ4n) is 1.80. The topological polar surface area (TPSA) is 29.3 Å². The lowest BCUT2D eigenvalue weighted by Crippen LogP contribution is -2.47. The van der Waals surface area contributed by atoms with Gasteiger partial charge in [-0.1, -0.05) is 51.1 Å². The van der Waals surface area contributed by atoms with E-state index in [0.717, 1.165) is 13.1 Å². The Morgan fingerprint density at radius 1 is 1.11 bits per heavy atom. The van der Waals surface area contributed by atoms with Crippen LogP contribution in [0.4, 0.5) is 0 Å². The first kappa shape index (κ1) is 15.2. The van der Waals surface area contributed by atoms with Crippen LogP contribution in [0.15, 0.2) is 30.3 Å². The van der Waals surface area contributed by atoms with E-state index in [4.69, 9.17) is 5.73 Å². The fraction of sp³-hybridized carbons (Fsp3) is 0.625. The molecule has 0 aliphatic carbocycles. The Morgan fingerprint density at radius 3 is 2.11 bits per heavy atom. The Balaban J connectivity index is 2.67. The summed E-state index contributed by atoms with van der Waals surface area (Å²) in [5.74, 6) is 0. The Labute approximate surface area is 112 Å². The van der Waals surface area contributed by atoms with Gasteiger partial charge in [-0.3, -0.25) is 4.90 Å². The smallest absolute Gasteiger partial charge is 0.0237 e. The lowest BCUT2D eigenvalue weighted by molar-refractivity contribution is 0.160. The predicted molar refractivity (Wildman–Crippen MR) is 79.4 cm³/mol. The molecule has 0 spiro atoms. The van der Waals surface area contributed by atoms with E-state index < -0.39 is 0 Å². The van der Waals surface area contributed by atoms with E-state index in [1.165, 1.54) is 5.56 Å². The van der Waals surface area contributed by atoms with Crippen molar-refractivity contribution in [2.24, 2.45) is 11.1 Å². The Morgan fingerprint density at radius 2 is 1.67 bits per heavy atom. The number of hydrogen-bond donors (Lipinski definition) is 1. The number of benzene rings is 1. The zero-order valence-electron chi connectivity index (χ0n) is 12.5. The third kappa shape index (κ3) is 4.79. The molecule has 2 nitrogen and oxygen atoms in total. The van der Waals surface area contributed by atoms with Crippen molar-refractivity contribution in [3.8, 4) is 0 Å². The summed E-state index contributed by atoms with van der Waals surface area (Å²) in [7, 11) is 0. The molecule has 0 fully saturated rings. The van der Waals surface area contributed by atoms with Crippen LogP contribution in [0.1, 0.15) is 40.2 Å². The molecule has 0 aliphatic rings. The molecule has 2 N–H and O–H groups in total. The van der Waals surface area contributed by atoms with Gasteiger partial charge in [-0.2, -0.15) is 0 Å². The van der Waals surface area contributed by atoms with Crippen molar-refractivity contribution in [1.82, 2.24) is 4.90 Å². The second kappa shape index (κ2) is 6.35. The molecular formula is C16H28N2. The normalized spacial score (nSPS) is 14.2. The summed E-state index contributed by atoms with van der Waals surface area (Å²) in [6, 6.07) is 11.3. The minimum Gasteiger partial charge on any atom is -0.326 e. The Kier molecular flexibility index (Phi) is 5.36. The van der Waals surface area contributed by atoms with Crippen LogP contribution in [0.2, 0.25) is 0 Å². The van der Waals surface area contributed by atoms with Crippen molar-refractivity contribution >= 4 is 0 Å². The first-order valence-electron chi connectivity index (χ1n) is 6.84. The lowest BCUT2D eigenvalue weighted by Gasteiger charge is -2.35. The monoisotopic (exact) mass is 248 g/mol. The van der Waals surface area contributed by atoms with Crippen molar-refractivity contribution in [3.63, 3.8) is 0 Å². The van der Waals surface area contributed by atoms with Gasteiger partial charge < -0.3 is 5.73 Å². The standard InChI is InChI=1S/C16H28N2/c1-13(2)18(12-15(17)16(3,4)5)11-14-9-7-6-8-10-14/h6-10,13,15H,11-12,17H2,1-5H3. The van der Waals surface area contributed by atoms with E-state index in [1.54, 1.807) is 0 Å². The van der Waals surface area contributed by atoms with E-state index in [0.29, 0.717) is 6.04 Å². The summed E-state index contributed by atoms with van der Waals surface area (Å²) in [5.41, 5.74) is 7.81. The maximum Gasteiger partial charge on any atom is 0.0237 e. The average Bonchev–Trinajstić information content (AvgIpc) is 2.28. The third-order valence-corrected chi connectivity index (χ3v) is 3.50. The Bertz CT molecular complexity index is 338. The van der Waals surface area contributed by atoms with Crippen molar-refractivity contribution in [3.05, 3.63) is 35.9 Å². The highest BCUT2D eigenvalue weighted by atomic mass is 15.2. The average molecular weight is 248 g/mol. The summed E-state index contributed by atoms with van der Waals surface area (Å²) in [5, 5.41) is 0. The molecule has 0 heterocycles. The third-order valence-electron chi connectivity index (χ3n) is 3.50. The highest BCUT2D eigenvalue weighted by Crippen LogP contribution is 2.19.